The molecule has 2 aromatic rings. The molecule has 2 rings (SSSR count). The number of nitro groups is 1. The molecule has 12 nitrogen and oxygen atoms in total. The van der Waals surface area contributed by atoms with E-state index in [1.165, 1.54) is 12.1 Å². The first-order valence-electron chi connectivity index (χ1n) is 11.2. The minimum atomic E-state index is -1.04. The summed E-state index contributed by atoms with van der Waals surface area (Å²) in [6.45, 7) is 2.10. The van der Waals surface area contributed by atoms with Crippen LogP contribution in [0.15, 0.2) is 47.6 Å². The second kappa shape index (κ2) is 19.6. The first kappa shape index (κ1) is 33.4. The molecule has 3 N–H and O–H groups in total. The van der Waals surface area contributed by atoms with Gasteiger partial charge in [0.25, 0.3) is 5.69 Å². The molecule has 0 aromatic heterocycles. The molecule has 0 spiro atoms. The van der Waals surface area contributed by atoms with Gasteiger partial charge in [0.2, 0.25) is 0 Å². The number of aliphatic carboxylic acids is 3. The van der Waals surface area contributed by atoms with E-state index in [1.807, 2.05) is 0 Å². The van der Waals surface area contributed by atoms with Crippen molar-refractivity contribution in [2.75, 3.05) is 0 Å². The van der Waals surface area contributed by atoms with Crippen molar-refractivity contribution in [3.63, 3.8) is 0 Å². The molecule has 0 amide bonds. The van der Waals surface area contributed by atoms with Gasteiger partial charge in [-0.3, -0.25) is 19.7 Å². The van der Waals surface area contributed by atoms with E-state index >= 15 is 0 Å². The van der Waals surface area contributed by atoms with Gasteiger partial charge in [0, 0.05) is 35.4 Å². The van der Waals surface area contributed by atoms with Crippen LogP contribution in [0.4, 0.5) is 11.4 Å². The van der Waals surface area contributed by atoms with Crippen LogP contribution < -0.4 is 0 Å². The molecule has 0 bridgehead atoms. The Kier molecular flexibility index (Phi) is 17.2. The van der Waals surface area contributed by atoms with Crippen molar-refractivity contribution in [3.05, 3.63) is 79.2 Å². The maximum absolute atomic E-state index is 10.4. The third kappa shape index (κ3) is 16.9. The van der Waals surface area contributed by atoms with Crippen molar-refractivity contribution >= 4 is 40.9 Å². The summed E-state index contributed by atoms with van der Waals surface area (Å²) in [5.74, 6) is 1.75. The zero-order chi connectivity index (χ0) is 28.9. The number of unbranched alkanes of at least 4 members (excludes halogenated alkanes) is 3. The van der Waals surface area contributed by atoms with E-state index in [2.05, 4.69) is 28.8 Å². The molecule has 38 heavy (non-hydrogen) atoms. The fourth-order valence-electron chi connectivity index (χ4n) is 2.62. The highest BCUT2D eigenvalue weighted by Crippen LogP contribution is 2.25. The first-order valence-corrected chi connectivity index (χ1v) is 11.6. The van der Waals surface area contributed by atoms with Gasteiger partial charge in [-0.2, -0.15) is 0 Å². The summed E-state index contributed by atoms with van der Waals surface area (Å²) >= 11 is 5.54. The Balaban J connectivity index is 0.000000551. The summed E-state index contributed by atoms with van der Waals surface area (Å²) < 4.78 is 0. The molecule has 0 fully saturated rings. The van der Waals surface area contributed by atoms with E-state index in [0.717, 1.165) is 30.9 Å². The summed E-state index contributed by atoms with van der Waals surface area (Å²) in [7, 11) is 0. The Morgan fingerprint density at radius 2 is 1.68 bits per heavy atom. The number of benzene rings is 2. The minimum Gasteiger partial charge on any atom is -0.481 e. The predicted molar refractivity (Wildman–Crippen MR) is 140 cm³/mol. The SMILES string of the molecule is CCCCCC#CC(=O)O.O=C(O)Cc1ccc(Cl)c([N+](=O)[O-])c1.[N-]=[N+]=Nc1ccc(CCC(=O)O)cc1. The van der Waals surface area contributed by atoms with Crippen LogP contribution in [-0.4, -0.2) is 38.2 Å². The molecule has 0 unspecified atom stereocenters. The Bertz CT molecular complexity index is 1200. The van der Waals surface area contributed by atoms with Crippen LogP contribution in [0.25, 0.3) is 10.4 Å². The molecule has 0 saturated heterocycles. The van der Waals surface area contributed by atoms with Gasteiger partial charge >= 0.3 is 17.9 Å². The molecular formula is C25H27ClN4O8. The van der Waals surface area contributed by atoms with E-state index in [4.69, 9.17) is 32.5 Å². The average Bonchev–Trinajstić information content (AvgIpc) is 2.85. The molecule has 202 valence electrons. The number of rotatable bonds is 10. The first-order chi connectivity index (χ1) is 18.0. The van der Waals surface area contributed by atoms with Gasteiger partial charge in [0.1, 0.15) is 5.02 Å². The lowest BCUT2D eigenvalue weighted by Gasteiger charge is -1.98. The van der Waals surface area contributed by atoms with E-state index < -0.39 is 22.8 Å². The topological polar surface area (TPSA) is 204 Å². The number of carboxylic acid groups (broad SMARTS) is 3. The molecular weight excluding hydrogens is 520 g/mol. The van der Waals surface area contributed by atoms with Crippen molar-refractivity contribution in [2.24, 2.45) is 5.11 Å². The zero-order valence-corrected chi connectivity index (χ0v) is 21.3. The second-order valence-electron chi connectivity index (χ2n) is 7.43. The average molecular weight is 547 g/mol. The van der Waals surface area contributed by atoms with Gasteiger partial charge in [-0.15, -0.1) is 0 Å². The van der Waals surface area contributed by atoms with Gasteiger partial charge in [-0.1, -0.05) is 72.7 Å². The van der Waals surface area contributed by atoms with E-state index in [0.29, 0.717) is 24.1 Å². The Morgan fingerprint density at radius 3 is 2.18 bits per heavy atom. The number of hydrogen-bond donors (Lipinski definition) is 3. The van der Waals surface area contributed by atoms with Crippen LogP contribution in [0.1, 0.15) is 50.2 Å². The maximum atomic E-state index is 10.4. The number of carboxylic acids is 3. The molecule has 2 aromatic carbocycles. The molecule has 0 heterocycles. The summed E-state index contributed by atoms with van der Waals surface area (Å²) in [5.41, 5.74) is 9.68. The van der Waals surface area contributed by atoms with Crippen LogP contribution in [0.3, 0.4) is 0 Å². The lowest BCUT2D eigenvalue weighted by atomic mass is 10.1. The molecule has 0 radical (unpaired) electrons. The zero-order valence-electron chi connectivity index (χ0n) is 20.5. The number of halogens is 1. The maximum Gasteiger partial charge on any atom is 0.381 e. The molecule has 0 atom stereocenters. The van der Waals surface area contributed by atoms with Crippen LogP contribution in [-0.2, 0) is 27.2 Å². The quantitative estimate of drug-likeness (QED) is 0.0595. The normalized spacial score (nSPS) is 9.11. The lowest BCUT2D eigenvalue weighted by molar-refractivity contribution is -0.384. The number of carbonyl (C=O) groups is 3. The van der Waals surface area contributed by atoms with Gasteiger partial charge < -0.3 is 15.3 Å². The molecule has 13 heteroatoms. The lowest BCUT2D eigenvalue weighted by Crippen LogP contribution is -2.00. The Labute approximate surface area is 223 Å². The second-order valence-corrected chi connectivity index (χ2v) is 7.83. The summed E-state index contributed by atoms with van der Waals surface area (Å²) in [6, 6.07) is 10.8. The fourth-order valence-corrected chi connectivity index (χ4v) is 2.80. The third-order valence-corrected chi connectivity index (χ3v) is 4.71. The highest BCUT2D eigenvalue weighted by Gasteiger charge is 2.13. The van der Waals surface area contributed by atoms with E-state index in [1.54, 1.807) is 24.3 Å². The van der Waals surface area contributed by atoms with Gasteiger partial charge in [-0.25, -0.2) is 4.79 Å². The summed E-state index contributed by atoms with van der Waals surface area (Å²) in [6.07, 6.45) is 4.35. The summed E-state index contributed by atoms with van der Waals surface area (Å²) in [4.78, 5) is 42.9. The van der Waals surface area contributed by atoms with Crippen LogP contribution in [0.2, 0.25) is 5.02 Å². The highest BCUT2D eigenvalue weighted by molar-refractivity contribution is 6.32. The van der Waals surface area contributed by atoms with E-state index in [-0.39, 0.29) is 23.6 Å². The summed E-state index contributed by atoms with van der Waals surface area (Å²) in [5, 5.41) is 38.9. The molecule has 0 aliphatic carbocycles. The monoisotopic (exact) mass is 546 g/mol. The largest absolute Gasteiger partial charge is 0.481 e. The van der Waals surface area contributed by atoms with Crippen molar-refractivity contribution in [1.29, 1.82) is 0 Å². The van der Waals surface area contributed by atoms with Crippen molar-refractivity contribution in [1.82, 2.24) is 0 Å². The predicted octanol–water partition coefficient (Wildman–Crippen LogP) is 6.18. The van der Waals surface area contributed by atoms with Gasteiger partial charge in [0.15, 0.2) is 0 Å². The molecule has 0 aliphatic heterocycles. The fraction of sp³-hybridized carbons (Fsp3) is 0.320. The molecule has 0 aliphatic rings. The van der Waals surface area contributed by atoms with Crippen LogP contribution in [0.5, 0.6) is 0 Å². The van der Waals surface area contributed by atoms with Gasteiger partial charge in [-0.05, 0) is 35.6 Å². The number of azide groups is 1. The Morgan fingerprint density at radius 1 is 1.05 bits per heavy atom. The van der Waals surface area contributed by atoms with Crippen molar-refractivity contribution in [2.45, 2.75) is 51.9 Å². The van der Waals surface area contributed by atoms with Crippen LogP contribution >= 0.6 is 11.6 Å². The van der Waals surface area contributed by atoms with Crippen molar-refractivity contribution < 1.29 is 34.6 Å². The van der Waals surface area contributed by atoms with Gasteiger partial charge in [0.05, 0.1) is 11.3 Å². The number of hydrogen-bond acceptors (Lipinski definition) is 6. The number of aryl methyl sites for hydroxylation is 1. The molecule has 0 saturated carbocycles. The van der Waals surface area contributed by atoms with Crippen LogP contribution in [0, 0.1) is 22.0 Å². The highest BCUT2D eigenvalue weighted by atomic mass is 35.5. The standard InChI is InChI=1S/C9H9N3O2.C8H6ClNO4.C8H12O2/c10-12-11-8-4-1-7(2-5-8)3-6-9(13)14;9-6-2-1-5(4-8(11)12)3-7(6)10(13)14;1-2-3-4-5-6-7-8(9)10/h1-2,4-5H,3,6H2,(H,13,14);1-3H,4H2,(H,11,12);2-5H2,1H3,(H,9,10). The van der Waals surface area contributed by atoms with E-state index in [9.17, 15) is 24.5 Å². The third-order valence-electron chi connectivity index (χ3n) is 4.39. The Hall–Kier alpha value is -4.59. The number of nitrogens with zero attached hydrogens (tertiary/aromatic N) is 4. The van der Waals surface area contributed by atoms with Crippen molar-refractivity contribution in [3.8, 4) is 11.8 Å². The number of nitro benzene ring substituents is 1. The smallest absolute Gasteiger partial charge is 0.381 e. The minimum absolute atomic E-state index is 0.00383.